The van der Waals surface area contributed by atoms with E-state index in [9.17, 15) is 19.5 Å². The Balaban J connectivity index is -0.000000498. The molecule has 3 N–H and O–H groups in total. The Hall–Kier alpha value is -0.894. The standard InChI is InChI=1S/C26H40N2O2S2.C7H15O2.C4H9NO.K/c1-2-3-4-5-6-7-8-9-10-11-12-13-14-15-16-17-18-19-20-26(30)28-22-24-32-31-23-21-27-25-29;1-6(9-4)7(2,3)5-8;1-2-3-5-4-6;/h3-4,6-7,9-10,12-13,15-16,18-19,25H,2,5,8,11,14,17,20-24H2,1H3,(H,27,29)(H,28,30);6H,5H2,1-4H3;4H,2-3H2,1H3,(H,5,6);/q;-1;;+1/b4-3-,7-6-,10-9-,13-12-,16-15-,19-18-;;;/t;6-;;/m.0../s1. The summed E-state index contributed by atoms with van der Waals surface area (Å²) in [5.74, 6) is 1.79. The van der Waals surface area contributed by atoms with E-state index >= 15 is 0 Å². The van der Waals surface area contributed by atoms with E-state index in [2.05, 4.69) is 83.6 Å². The van der Waals surface area contributed by atoms with E-state index in [-0.39, 0.29) is 75.4 Å². The zero-order valence-corrected chi connectivity index (χ0v) is 35.7. The summed E-state index contributed by atoms with van der Waals surface area (Å²) in [5, 5.41) is 18.5. The molecule has 0 radical (unpaired) electrons. The SMILES string of the molecule is CC/C=C\C/C=C\C/C=C\C/C=C\C/C=C\C/C=C\CC(=O)NCCSSCCNC=O.CCCNC=O.CO[C@@H](C)C(C)(C)C[O-].[K+]. The molecule has 0 rings (SSSR count). The minimum atomic E-state index is -0.227. The van der Waals surface area contributed by atoms with Crippen LogP contribution in [0.2, 0.25) is 0 Å². The average molecular weight is 734 g/mol. The second kappa shape index (κ2) is 46.1. The van der Waals surface area contributed by atoms with Crippen LogP contribution in [0.25, 0.3) is 0 Å². The molecule has 0 fully saturated rings. The molecule has 11 heteroatoms. The summed E-state index contributed by atoms with van der Waals surface area (Å²) < 4.78 is 5.01. The number of hydrogen-bond donors (Lipinski definition) is 3. The predicted molar refractivity (Wildman–Crippen MR) is 204 cm³/mol. The first-order valence-electron chi connectivity index (χ1n) is 16.6. The van der Waals surface area contributed by atoms with Gasteiger partial charge in [-0.3, -0.25) is 14.4 Å². The van der Waals surface area contributed by atoms with Crippen molar-refractivity contribution in [1.82, 2.24) is 16.0 Å². The molecule has 0 spiro atoms. The molecule has 0 aliphatic rings. The molecule has 48 heavy (non-hydrogen) atoms. The van der Waals surface area contributed by atoms with Crippen LogP contribution in [0, 0.1) is 5.41 Å². The van der Waals surface area contributed by atoms with Gasteiger partial charge in [0.25, 0.3) is 0 Å². The van der Waals surface area contributed by atoms with Crippen LogP contribution in [0.15, 0.2) is 72.9 Å². The van der Waals surface area contributed by atoms with Gasteiger partial charge in [-0.05, 0) is 57.3 Å². The van der Waals surface area contributed by atoms with Gasteiger partial charge in [-0.25, -0.2) is 0 Å². The Morgan fingerprint density at radius 2 is 1.15 bits per heavy atom. The Morgan fingerprint density at radius 1 is 0.729 bits per heavy atom. The number of rotatable bonds is 27. The molecule has 0 aromatic rings. The number of methoxy groups -OCH3 is 1. The fraction of sp³-hybridized carbons (Fsp3) is 0.595. The second-order valence-corrected chi connectivity index (χ2v) is 13.5. The van der Waals surface area contributed by atoms with Gasteiger partial charge in [-0.2, -0.15) is 0 Å². The Bertz CT molecular complexity index is 894. The van der Waals surface area contributed by atoms with Gasteiger partial charge < -0.3 is 25.8 Å². The number of nitrogens with one attached hydrogen (secondary N) is 3. The molecule has 3 amide bonds. The van der Waals surface area contributed by atoms with Crippen LogP contribution in [-0.4, -0.2) is 69.7 Å². The first-order chi connectivity index (χ1) is 22.8. The summed E-state index contributed by atoms with van der Waals surface area (Å²) in [6, 6.07) is 0. The van der Waals surface area contributed by atoms with Gasteiger partial charge in [0.1, 0.15) is 0 Å². The summed E-state index contributed by atoms with van der Waals surface area (Å²) in [6.07, 6.45) is 34.6. The minimum absolute atomic E-state index is 0. The van der Waals surface area contributed by atoms with E-state index in [1.54, 1.807) is 28.7 Å². The third-order valence-electron chi connectivity index (χ3n) is 6.21. The van der Waals surface area contributed by atoms with Crippen LogP contribution in [0.3, 0.4) is 0 Å². The molecule has 8 nitrogen and oxygen atoms in total. The molecule has 0 aliphatic carbocycles. The van der Waals surface area contributed by atoms with E-state index in [4.69, 9.17) is 4.74 Å². The molecular formula is C37H64KN3O5S2. The van der Waals surface area contributed by atoms with Crippen LogP contribution < -0.4 is 72.4 Å². The molecule has 270 valence electrons. The van der Waals surface area contributed by atoms with Crippen molar-refractivity contribution in [1.29, 1.82) is 0 Å². The third kappa shape index (κ3) is 47.2. The summed E-state index contributed by atoms with van der Waals surface area (Å²) >= 11 is 0. The zero-order valence-electron chi connectivity index (χ0n) is 30.9. The smallest absolute Gasteiger partial charge is 0.854 e. The third-order valence-corrected chi connectivity index (χ3v) is 8.62. The van der Waals surface area contributed by atoms with Gasteiger partial charge in [0, 0.05) is 44.7 Å². The number of carbonyl (C=O) groups is 3. The van der Waals surface area contributed by atoms with Crippen LogP contribution in [0.1, 0.15) is 86.0 Å². The zero-order chi connectivity index (χ0) is 35.7. The minimum Gasteiger partial charge on any atom is -0.854 e. The quantitative estimate of drug-likeness (QED) is 0.0386. The van der Waals surface area contributed by atoms with E-state index in [0.29, 0.717) is 32.3 Å². The topological polar surface area (TPSA) is 120 Å². The van der Waals surface area contributed by atoms with Crippen molar-refractivity contribution in [2.75, 3.05) is 44.9 Å². The van der Waals surface area contributed by atoms with Gasteiger partial charge in [-0.15, -0.1) is 6.61 Å². The van der Waals surface area contributed by atoms with Crippen molar-refractivity contribution in [3.8, 4) is 0 Å². The maximum Gasteiger partial charge on any atom is 1.00 e. The van der Waals surface area contributed by atoms with Crippen molar-refractivity contribution in [3.05, 3.63) is 72.9 Å². The van der Waals surface area contributed by atoms with Crippen LogP contribution in [0.5, 0.6) is 0 Å². The maximum atomic E-state index is 11.7. The Labute approximate surface area is 343 Å². The number of ether oxygens (including phenoxy) is 1. The van der Waals surface area contributed by atoms with Gasteiger partial charge in [0.2, 0.25) is 18.7 Å². The van der Waals surface area contributed by atoms with Crippen molar-refractivity contribution in [2.24, 2.45) is 5.41 Å². The fourth-order valence-electron chi connectivity index (χ4n) is 2.93. The van der Waals surface area contributed by atoms with Crippen molar-refractivity contribution >= 4 is 40.3 Å². The van der Waals surface area contributed by atoms with Crippen molar-refractivity contribution < 1.29 is 75.6 Å². The molecule has 0 saturated heterocycles. The Morgan fingerprint density at radius 3 is 1.50 bits per heavy atom. The monoisotopic (exact) mass is 733 g/mol. The average Bonchev–Trinajstić information content (AvgIpc) is 3.08. The number of amides is 3. The molecule has 0 aliphatic heterocycles. The van der Waals surface area contributed by atoms with Gasteiger partial charge in [0.05, 0.1) is 6.10 Å². The summed E-state index contributed by atoms with van der Waals surface area (Å²) in [6.45, 7) is 12.0. The number of carbonyl (C=O) groups excluding carboxylic acids is 3. The van der Waals surface area contributed by atoms with Crippen LogP contribution in [0.4, 0.5) is 0 Å². The van der Waals surface area contributed by atoms with Gasteiger partial charge in [-0.1, -0.05) is 122 Å². The molecule has 0 heterocycles. The first-order valence-corrected chi connectivity index (χ1v) is 19.1. The molecular weight excluding hydrogens is 670 g/mol. The molecule has 0 bridgehead atoms. The van der Waals surface area contributed by atoms with E-state index < -0.39 is 0 Å². The normalized spacial score (nSPS) is 12.1. The second-order valence-electron chi connectivity index (χ2n) is 10.8. The number of allylic oxidation sites excluding steroid dienone is 11. The van der Waals surface area contributed by atoms with Crippen molar-refractivity contribution in [2.45, 2.75) is 92.1 Å². The fourth-order valence-corrected chi connectivity index (χ4v) is 4.76. The van der Waals surface area contributed by atoms with Crippen molar-refractivity contribution in [3.63, 3.8) is 0 Å². The molecule has 0 saturated carbocycles. The van der Waals surface area contributed by atoms with Crippen LogP contribution >= 0.6 is 21.6 Å². The Kier molecular flexibility index (Phi) is 51.8. The largest absolute Gasteiger partial charge is 1.00 e. The summed E-state index contributed by atoms with van der Waals surface area (Å²) in [5.41, 5.74) is -0.227. The molecule has 0 aromatic heterocycles. The van der Waals surface area contributed by atoms with E-state index in [1.165, 1.54) is 0 Å². The molecule has 0 aromatic carbocycles. The molecule has 1 atom stereocenters. The van der Waals surface area contributed by atoms with Crippen LogP contribution in [-0.2, 0) is 19.1 Å². The van der Waals surface area contributed by atoms with Gasteiger partial charge >= 0.3 is 51.4 Å². The predicted octanol–water partition coefficient (Wildman–Crippen LogP) is 3.87. The maximum absolute atomic E-state index is 11.7. The summed E-state index contributed by atoms with van der Waals surface area (Å²) in [4.78, 5) is 31.3. The summed E-state index contributed by atoms with van der Waals surface area (Å²) in [7, 11) is 5.03. The first kappa shape index (κ1) is 53.9. The van der Waals surface area contributed by atoms with Gasteiger partial charge in [0.15, 0.2) is 0 Å². The van der Waals surface area contributed by atoms with E-state index in [1.807, 2.05) is 39.8 Å². The number of hydrogen-bond acceptors (Lipinski definition) is 7. The van der Waals surface area contributed by atoms with E-state index in [0.717, 1.165) is 63.0 Å². The molecule has 0 unspecified atom stereocenters.